The smallest absolute Gasteiger partial charge is 0.248 e. The number of hydrogen-bond acceptors (Lipinski definition) is 9. The number of ether oxygens (including phenoxy) is 3. The van der Waals surface area contributed by atoms with Gasteiger partial charge in [0.15, 0.2) is 11.5 Å². The summed E-state index contributed by atoms with van der Waals surface area (Å²) in [5.41, 5.74) is 4.60. The van der Waals surface area contributed by atoms with Crippen molar-refractivity contribution < 1.29 is 23.8 Å². The lowest BCUT2D eigenvalue weighted by Gasteiger charge is -2.19. The quantitative estimate of drug-likeness (QED) is 0.169. The number of anilines is 2. The number of carbonyl (C=O) groups excluding carboxylic acids is 2. The van der Waals surface area contributed by atoms with E-state index >= 15 is 0 Å². The topological polar surface area (TPSA) is 148 Å². The van der Waals surface area contributed by atoms with Crippen molar-refractivity contribution >= 4 is 45.9 Å². The number of aromatic nitrogens is 1. The largest absolute Gasteiger partial charge is 0.493 e. The van der Waals surface area contributed by atoms with Crippen molar-refractivity contribution in [1.82, 2.24) is 10.3 Å². The molecule has 12 heteroatoms. The first-order valence-electron chi connectivity index (χ1n) is 15.6. The highest BCUT2D eigenvalue weighted by atomic mass is 32.2. The van der Waals surface area contributed by atoms with Gasteiger partial charge in [-0.2, -0.15) is 11.8 Å². The molecular formula is C36H40N4O7S. The summed E-state index contributed by atoms with van der Waals surface area (Å²) in [6.07, 6.45) is 3.50. The average Bonchev–Trinajstić information content (AvgIpc) is 3.29. The highest BCUT2D eigenvalue weighted by molar-refractivity contribution is 7.98. The van der Waals surface area contributed by atoms with Crippen LogP contribution in [0.2, 0.25) is 0 Å². The van der Waals surface area contributed by atoms with Gasteiger partial charge in [-0.15, -0.1) is 0 Å². The van der Waals surface area contributed by atoms with Crippen molar-refractivity contribution in [2.24, 2.45) is 0 Å². The molecule has 0 aliphatic heterocycles. The van der Waals surface area contributed by atoms with Crippen LogP contribution < -0.4 is 41.1 Å². The first kappa shape index (κ1) is 34.4. The fraction of sp³-hybridized carbons (Fsp3) is 0.333. The van der Waals surface area contributed by atoms with Crippen LogP contribution in [-0.2, 0) is 16.0 Å². The van der Waals surface area contributed by atoms with Gasteiger partial charge in [-0.25, -0.2) is 0 Å². The van der Waals surface area contributed by atoms with E-state index in [0.29, 0.717) is 64.6 Å². The Balaban J connectivity index is 1.57. The molecule has 252 valence electrons. The molecule has 0 saturated heterocycles. The summed E-state index contributed by atoms with van der Waals surface area (Å²) in [7, 11) is 4.64. The molecule has 2 atom stereocenters. The van der Waals surface area contributed by atoms with E-state index in [2.05, 4.69) is 20.9 Å². The van der Waals surface area contributed by atoms with Crippen LogP contribution in [0.25, 0.3) is 22.0 Å². The Morgan fingerprint density at radius 2 is 1.77 bits per heavy atom. The number of nitrogens with one attached hydrogen (secondary N) is 4. The summed E-state index contributed by atoms with van der Waals surface area (Å²) in [5, 5.41) is 10.0. The number of hydrogen-bond donors (Lipinski definition) is 4. The Bertz CT molecular complexity index is 1990. The van der Waals surface area contributed by atoms with Crippen molar-refractivity contribution in [1.29, 1.82) is 0 Å². The Hall–Kier alpha value is -4.97. The van der Waals surface area contributed by atoms with E-state index in [4.69, 9.17) is 14.2 Å². The second-order valence-electron chi connectivity index (χ2n) is 11.6. The molecule has 0 spiro atoms. The maximum absolute atomic E-state index is 13.9. The number of H-pyrrole nitrogens is 1. The number of fused-ring (bicyclic) bond motifs is 4. The lowest BCUT2D eigenvalue weighted by molar-refractivity contribution is -0.120. The summed E-state index contributed by atoms with van der Waals surface area (Å²) < 4.78 is 17.2. The Labute approximate surface area is 282 Å². The molecule has 2 amide bonds. The zero-order chi connectivity index (χ0) is 34.5. The van der Waals surface area contributed by atoms with Gasteiger partial charge in [0.25, 0.3) is 0 Å². The summed E-state index contributed by atoms with van der Waals surface area (Å²) in [5.74, 6) is 1.49. The molecule has 5 rings (SSSR count). The van der Waals surface area contributed by atoms with Gasteiger partial charge in [-0.05, 0) is 90.8 Å². The lowest BCUT2D eigenvalue weighted by atomic mass is 9.95. The predicted molar refractivity (Wildman–Crippen MR) is 191 cm³/mol. The third-order valence-electron chi connectivity index (χ3n) is 8.49. The van der Waals surface area contributed by atoms with Gasteiger partial charge in [0.1, 0.15) is 6.04 Å². The number of methoxy groups -OCH3 is 3. The van der Waals surface area contributed by atoms with Crippen molar-refractivity contribution in [3.8, 4) is 28.4 Å². The standard InChI is InChI=1S/C36H40N4O7S/c1-19-15-32(43)40-29-17-22(8-9-23(19)29)38-36(44)28(13-14-48-6)39-27-12-10-24-25(18-30(27)42)26(37-20(2)41)11-7-21-16-31(45-3)34(46-4)35(47-5)33(21)24/h8-10,12,15-18,26,28H,7,11,13-14H2,1-6H3,(H,37,41)(H,38,44)(H,39,42)(H,40,43)/t26-,28-/m0/s1. The Morgan fingerprint density at radius 1 is 1.00 bits per heavy atom. The number of amides is 2. The highest BCUT2D eigenvalue weighted by Crippen LogP contribution is 2.50. The Morgan fingerprint density at radius 3 is 2.46 bits per heavy atom. The van der Waals surface area contributed by atoms with Gasteiger partial charge in [0.05, 0.1) is 38.6 Å². The number of benzene rings is 2. The van der Waals surface area contributed by atoms with E-state index in [9.17, 15) is 19.2 Å². The molecule has 1 aliphatic rings. The van der Waals surface area contributed by atoms with Crippen LogP contribution in [0.1, 0.15) is 42.5 Å². The zero-order valence-corrected chi connectivity index (χ0v) is 28.7. The van der Waals surface area contributed by atoms with Crippen molar-refractivity contribution in [3.05, 3.63) is 85.8 Å². The van der Waals surface area contributed by atoms with E-state index in [-0.39, 0.29) is 28.5 Å². The maximum Gasteiger partial charge on any atom is 0.248 e. The monoisotopic (exact) mass is 672 g/mol. The summed E-state index contributed by atoms with van der Waals surface area (Å²) in [4.78, 5) is 54.8. The fourth-order valence-electron chi connectivity index (χ4n) is 6.26. The molecule has 0 saturated carbocycles. The highest BCUT2D eigenvalue weighted by Gasteiger charge is 2.30. The van der Waals surface area contributed by atoms with Gasteiger partial charge in [-0.3, -0.25) is 19.2 Å². The van der Waals surface area contributed by atoms with Gasteiger partial charge in [0, 0.05) is 29.6 Å². The molecule has 0 fully saturated rings. The number of aromatic amines is 1. The Kier molecular flexibility index (Phi) is 10.6. The van der Waals surface area contributed by atoms with Gasteiger partial charge in [0.2, 0.25) is 28.6 Å². The summed E-state index contributed by atoms with van der Waals surface area (Å²) in [6, 6.07) is 12.6. The molecule has 1 aromatic heterocycles. The molecule has 4 N–H and O–H groups in total. The van der Waals surface area contributed by atoms with Crippen LogP contribution >= 0.6 is 11.8 Å². The molecule has 0 unspecified atom stereocenters. The van der Waals surface area contributed by atoms with Crippen LogP contribution in [0, 0.1) is 6.92 Å². The fourth-order valence-corrected chi connectivity index (χ4v) is 6.73. The zero-order valence-electron chi connectivity index (χ0n) is 27.9. The van der Waals surface area contributed by atoms with Crippen LogP contribution in [0.4, 0.5) is 11.4 Å². The van der Waals surface area contributed by atoms with Crippen molar-refractivity contribution in [2.45, 2.75) is 45.2 Å². The third kappa shape index (κ3) is 7.13. The molecule has 11 nitrogen and oxygen atoms in total. The minimum atomic E-state index is -0.753. The second kappa shape index (κ2) is 14.8. The molecule has 1 aliphatic carbocycles. The first-order chi connectivity index (χ1) is 23.1. The number of aryl methyl sites for hydroxylation is 2. The van der Waals surface area contributed by atoms with Gasteiger partial charge in [-0.1, -0.05) is 12.1 Å². The number of carbonyl (C=O) groups is 2. The molecule has 0 radical (unpaired) electrons. The molecular weight excluding hydrogens is 632 g/mol. The normalized spacial score (nSPS) is 14.2. The van der Waals surface area contributed by atoms with Crippen molar-refractivity contribution in [2.75, 3.05) is 44.0 Å². The maximum atomic E-state index is 13.9. The van der Waals surface area contributed by atoms with E-state index in [0.717, 1.165) is 22.1 Å². The molecule has 48 heavy (non-hydrogen) atoms. The lowest BCUT2D eigenvalue weighted by Crippen LogP contribution is -2.36. The van der Waals surface area contributed by atoms with E-state index in [1.165, 1.54) is 26.2 Å². The number of rotatable bonds is 11. The van der Waals surface area contributed by atoms with Crippen LogP contribution in [0.3, 0.4) is 0 Å². The van der Waals surface area contributed by atoms with Crippen LogP contribution in [0.5, 0.6) is 17.2 Å². The summed E-state index contributed by atoms with van der Waals surface area (Å²) >= 11 is 1.59. The number of pyridine rings is 1. The molecule has 3 aromatic carbocycles. The van der Waals surface area contributed by atoms with Gasteiger partial charge >= 0.3 is 0 Å². The van der Waals surface area contributed by atoms with E-state index in [1.807, 2.05) is 31.4 Å². The predicted octanol–water partition coefficient (Wildman–Crippen LogP) is 5.19. The summed E-state index contributed by atoms with van der Waals surface area (Å²) in [6.45, 7) is 3.31. The third-order valence-corrected chi connectivity index (χ3v) is 9.13. The minimum absolute atomic E-state index is 0.222. The minimum Gasteiger partial charge on any atom is -0.493 e. The average molecular weight is 673 g/mol. The van der Waals surface area contributed by atoms with Crippen LogP contribution in [-0.4, -0.2) is 56.2 Å². The molecule has 1 heterocycles. The molecule has 0 bridgehead atoms. The van der Waals surface area contributed by atoms with E-state index < -0.39 is 12.1 Å². The number of thioether (sulfide) groups is 1. The van der Waals surface area contributed by atoms with E-state index in [1.54, 1.807) is 44.2 Å². The van der Waals surface area contributed by atoms with Crippen molar-refractivity contribution in [3.63, 3.8) is 0 Å². The molecule has 4 aromatic rings. The first-order valence-corrected chi connectivity index (χ1v) is 16.9. The van der Waals surface area contributed by atoms with Crippen LogP contribution in [0.15, 0.2) is 58.1 Å². The second-order valence-corrected chi connectivity index (χ2v) is 12.6. The van der Waals surface area contributed by atoms with Gasteiger partial charge < -0.3 is 35.1 Å². The SMILES string of the molecule is COc1cc2c(c(OC)c1OC)-c1ccc(N[C@@H](CCSC)C(=O)Nc3ccc4c(C)cc(=O)[nH]c4c3)c(=O)cc1[C@@H](NC(C)=O)CC2.